The summed E-state index contributed by atoms with van der Waals surface area (Å²) in [7, 11) is 0. The number of nitrogens with zero attached hydrogens (tertiary/aromatic N) is 2. The second-order valence-electron chi connectivity index (χ2n) is 5.10. The van der Waals surface area contributed by atoms with Gasteiger partial charge >= 0.3 is 0 Å². The first-order valence-electron chi connectivity index (χ1n) is 8.58. The van der Waals surface area contributed by atoms with Crippen molar-refractivity contribution in [3.63, 3.8) is 0 Å². The van der Waals surface area contributed by atoms with Gasteiger partial charge in [-0.2, -0.15) is 5.26 Å². The van der Waals surface area contributed by atoms with E-state index in [-0.39, 0.29) is 11.8 Å². The van der Waals surface area contributed by atoms with Gasteiger partial charge in [-0.1, -0.05) is 93.1 Å². The molecule has 0 fully saturated rings. The fourth-order valence-corrected chi connectivity index (χ4v) is 1.82. The van der Waals surface area contributed by atoms with Crippen LogP contribution in [0, 0.1) is 11.3 Å². The van der Waals surface area contributed by atoms with E-state index in [4.69, 9.17) is 5.26 Å². The van der Waals surface area contributed by atoms with Crippen molar-refractivity contribution in [1.29, 1.82) is 5.26 Å². The van der Waals surface area contributed by atoms with Crippen molar-refractivity contribution in [2.24, 2.45) is 0 Å². The molecule has 4 heteroatoms. The van der Waals surface area contributed by atoms with E-state index in [1.807, 2.05) is 42.5 Å². The molecule has 1 aliphatic heterocycles. The summed E-state index contributed by atoms with van der Waals surface area (Å²) in [5.41, 5.74) is 1.79. The van der Waals surface area contributed by atoms with Crippen molar-refractivity contribution in [1.82, 2.24) is 0 Å². The highest BCUT2D eigenvalue weighted by molar-refractivity contribution is 6.28. The van der Waals surface area contributed by atoms with Gasteiger partial charge in [0.05, 0.1) is 11.8 Å². The predicted octanol–water partition coefficient (Wildman–Crippen LogP) is 5.50. The van der Waals surface area contributed by atoms with Gasteiger partial charge in [0.1, 0.15) is 0 Å². The van der Waals surface area contributed by atoms with Gasteiger partial charge in [-0.3, -0.25) is 9.59 Å². The fourth-order valence-electron chi connectivity index (χ4n) is 1.82. The van der Waals surface area contributed by atoms with Crippen LogP contribution in [0.25, 0.3) is 6.08 Å². The molecule has 4 nitrogen and oxygen atoms in total. The second-order valence-corrected chi connectivity index (χ2v) is 5.10. The van der Waals surface area contributed by atoms with Gasteiger partial charge in [-0.15, -0.1) is 0 Å². The van der Waals surface area contributed by atoms with Gasteiger partial charge in [-0.05, 0) is 17.7 Å². The first-order valence-corrected chi connectivity index (χ1v) is 8.58. The Bertz CT molecular complexity index is 852. The van der Waals surface area contributed by atoms with E-state index >= 15 is 0 Å². The van der Waals surface area contributed by atoms with Crippen LogP contribution < -0.4 is 4.90 Å². The van der Waals surface area contributed by atoms with Gasteiger partial charge in [0.15, 0.2) is 0 Å². The molecule has 0 aromatic heterocycles. The van der Waals surface area contributed by atoms with Gasteiger partial charge < -0.3 is 0 Å². The summed E-state index contributed by atoms with van der Waals surface area (Å²) < 4.78 is 0. The Hall–Kier alpha value is -4.23. The lowest BCUT2D eigenvalue weighted by Gasteiger charge is -2.12. The highest BCUT2D eigenvalue weighted by atomic mass is 16.2. The largest absolute Gasteiger partial charge is 0.269 e. The fraction of sp³-hybridized carbons (Fsp3) is 0. The van der Waals surface area contributed by atoms with E-state index in [1.54, 1.807) is 42.5 Å². The summed E-state index contributed by atoms with van der Waals surface area (Å²) in [6.45, 7) is 13.5. The third kappa shape index (κ3) is 10.5. The number of para-hydroxylation sites is 1. The number of allylic oxidation sites excluding steroid dienone is 3. The minimum absolute atomic E-state index is 0.281. The molecule has 0 saturated carbocycles. The molecule has 0 unspecified atom stereocenters. The van der Waals surface area contributed by atoms with Crippen LogP contribution in [0.2, 0.25) is 0 Å². The number of hydrogen-bond acceptors (Lipinski definition) is 3. The molecule has 29 heavy (non-hydrogen) atoms. The monoisotopic (exact) mass is 384 g/mol. The normalized spacial score (nSPS) is 10.5. The van der Waals surface area contributed by atoms with Crippen LogP contribution >= 0.6 is 0 Å². The Morgan fingerprint density at radius 1 is 0.759 bits per heavy atom. The van der Waals surface area contributed by atoms with Gasteiger partial charge in [0.2, 0.25) is 0 Å². The molecule has 1 heterocycles. The van der Waals surface area contributed by atoms with Gasteiger partial charge in [0.25, 0.3) is 11.8 Å². The summed E-state index contributed by atoms with van der Waals surface area (Å²) in [5, 5.41) is 7.51. The predicted molar refractivity (Wildman–Crippen MR) is 121 cm³/mol. The van der Waals surface area contributed by atoms with Crippen LogP contribution in [-0.4, -0.2) is 11.8 Å². The van der Waals surface area contributed by atoms with E-state index in [9.17, 15) is 9.59 Å². The van der Waals surface area contributed by atoms with Crippen molar-refractivity contribution in [2.45, 2.75) is 0 Å². The zero-order valence-electron chi connectivity index (χ0n) is 16.3. The van der Waals surface area contributed by atoms with Crippen LogP contribution in [0.4, 0.5) is 5.69 Å². The number of carbonyl (C=O) groups excluding carboxylic acids is 2. The quantitative estimate of drug-likeness (QED) is 0.399. The number of carbonyl (C=O) groups is 2. The lowest BCUT2D eigenvalue weighted by Crippen LogP contribution is -2.29. The molecule has 0 N–H and O–H groups in total. The maximum absolute atomic E-state index is 11.2. The van der Waals surface area contributed by atoms with Gasteiger partial charge in [0, 0.05) is 18.2 Å². The van der Waals surface area contributed by atoms with Crippen LogP contribution in [-0.2, 0) is 9.59 Å². The molecular formula is C25H24N2O2. The van der Waals surface area contributed by atoms with Crippen LogP contribution in [0.3, 0.4) is 0 Å². The third-order valence-corrected chi connectivity index (χ3v) is 3.12. The third-order valence-electron chi connectivity index (χ3n) is 3.12. The molecule has 0 atom stereocenters. The van der Waals surface area contributed by atoms with E-state index in [1.165, 1.54) is 23.8 Å². The Balaban J connectivity index is 0.000000419. The highest BCUT2D eigenvalue weighted by Gasteiger charge is 2.24. The average Bonchev–Trinajstić information content (AvgIpc) is 3.13. The van der Waals surface area contributed by atoms with E-state index in [0.29, 0.717) is 5.69 Å². The molecule has 0 bridgehead atoms. The number of anilines is 1. The minimum Gasteiger partial charge on any atom is -0.269 e. The minimum atomic E-state index is -0.281. The van der Waals surface area contributed by atoms with E-state index < -0.39 is 0 Å². The standard InChI is InChI=1S/C10H7NO2.C8H8.C4H6.C3H3N/c12-9-6-7-10(13)11(9)8-4-2-1-3-5-8;1-2-8-6-4-3-5-7-8;1-3-4-2;1-2-3-4/h1-7H;2-7H,1H2;3-4H,1-2H2;2H,1H2. The zero-order chi connectivity index (χ0) is 21.9. The number of amides is 2. The molecule has 2 aromatic carbocycles. The van der Waals surface area contributed by atoms with Crippen molar-refractivity contribution >= 4 is 23.6 Å². The first-order chi connectivity index (χ1) is 14.0. The van der Waals surface area contributed by atoms with Crippen molar-refractivity contribution in [2.75, 3.05) is 4.90 Å². The topological polar surface area (TPSA) is 61.2 Å². The lowest BCUT2D eigenvalue weighted by atomic mass is 10.2. The number of imide groups is 1. The van der Waals surface area contributed by atoms with Crippen molar-refractivity contribution in [3.8, 4) is 6.07 Å². The summed E-state index contributed by atoms with van der Waals surface area (Å²) in [5.74, 6) is -0.563. The lowest BCUT2D eigenvalue weighted by molar-refractivity contribution is -0.119. The van der Waals surface area contributed by atoms with Crippen LogP contribution in [0.5, 0.6) is 0 Å². The van der Waals surface area contributed by atoms with Crippen molar-refractivity contribution < 1.29 is 9.59 Å². The zero-order valence-corrected chi connectivity index (χ0v) is 16.3. The van der Waals surface area contributed by atoms with E-state index in [0.717, 1.165) is 4.90 Å². The Morgan fingerprint density at radius 3 is 1.48 bits per heavy atom. The smallest absolute Gasteiger partial charge is 0.258 e. The maximum Gasteiger partial charge on any atom is 0.258 e. The number of rotatable bonds is 3. The number of benzene rings is 2. The van der Waals surface area contributed by atoms with Crippen LogP contribution in [0.1, 0.15) is 5.56 Å². The summed E-state index contributed by atoms with van der Waals surface area (Å²) in [6, 6.07) is 20.6. The van der Waals surface area contributed by atoms with Crippen LogP contribution in [0.15, 0.2) is 117 Å². The molecule has 2 aromatic rings. The Kier molecular flexibility index (Phi) is 13.6. The molecule has 0 radical (unpaired) electrons. The molecule has 0 aliphatic carbocycles. The molecule has 3 rings (SSSR count). The number of hydrogen-bond donors (Lipinski definition) is 0. The SMILES string of the molecule is C=CC#N.C=CC=C.C=Cc1ccccc1.O=C1C=CC(=O)N1c1ccccc1. The second kappa shape index (κ2) is 16.0. The van der Waals surface area contributed by atoms with E-state index in [2.05, 4.69) is 26.3 Å². The first kappa shape index (κ1) is 24.8. The number of nitriles is 1. The summed E-state index contributed by atoms with van der Waals surface area (Å²) in [6.07, 6.45) is 8.84. The summed E-state index contributed by atoms with van der Waals surface area (Å²) >= 11 is 0. The maximum atomic E-state index is 11.2. The Morgan fingerprint density at radius 2 is 1.17 bits per heavy atom. The average molecular weight is 384 g/mol. The highest BCUT2D eigenvalue weighted by Crippen LogP contribution is 2.17. The Labute approximate surface area is 172 Å². The molecule has 1 aliphatic rings. The molecule has 2 amide bonds. The molecular weight excluding hydrogens is 360 g/mol. The van der Waals surface area contributed by atoms with Gasteiger partial charge in [-0.25, -0.2) is 4.90 Å². The molecule has 0 saturated heterocycles. The summed E-state index contributed by atoms with van der Waals surface area (Å²) in [4.78, 5) is 23.5. The molecule has 0 spiro atoms. The van der Waals surface area contributed by atoms with Crippen molar-refractivity contribution in [3.05, 3.63) is 123 Å². The molecule has 146 valence electrons.